The van der Waals surface area contributed by atoms with Crippen LogP contribution in [-0.4, -0.2) is 23.5 Å². The molecular formula is C22H26FN. The van der Waals surface area contributed by atoms with Gasteiger partial charge in [-0.1, -0.05) is 24.3 Å². The zero-order valence-corrected chi connectivity index (χ0v) is 14.7. The van der Waals surface area contributed by atoms with E-state index in [1.807, 2.05) is 19.1 Å². The quantitative estimate of drug-likeness (QED) is 0.739. The summed E-state index contributed by atoms with van der Waals surface area (Å²) in [4.78, 5) is 2.72. The number of rotatable bonds is 2. The summed E-state index contributed by atoms with van der Waals surface area (Å²) in [5, 5.41) is 0. The van der Waals surface area contributed by atoms with Gasteiger partial charge in [0.2, 0.25) is 0 Å². The Balaban J connectivity index is 1.57. The maximum atomic E-state index is 13.5. The first-order valence-corrected chi connectivity index (χ1v) is 9.26. The fourth-order valence-electron chi connectivity index (χ4n) is 4.52. The van der Waals surface area contributed by atoms with Crippen molar-refractivity contribution in [2.24, 2.45) is 0 Å². The molecule has 0 N–H and O–H groups in total. The summed E-state index contributed by atoms with van der Waals surface area (Å²) in [5.41, 5.74) is 6.04. The summed E-state index contributed by atoms with van der Waals surface area (Å²) in [5.74, 6) is -0.126. The molecule has 2 aliphatic rings. The molecule has 0 aromatic heterocycles. The molecule has 1 fully saturated rings. The molecule has 2 atom stereocenters. The van der Waals surface area contributed by atoms with E-state index in [-0.39, 0.29) is 5.82 Å². The molecule has 0 spiro atoms. The maximum Gasteiger partial charge on any atom is 0.126 e. The number of likely N-dealkylation sites (tertiary alicyclic amines) is 1. The number of fused-ring (bicyclic) bond motifs is 1. The van der Waals surface area contributed by atoms with E-state index in [9.17, 15) is 4.39 Å². The second-order valence-corrected chi connectivity index (χ2v) is 7.57. The van der Waals surface area contributed by atoms with Crippen LogP contribution in [0.1, 0.15) is 42.9 Å². The third-order valence-corrected chi connectivity index (χ3v) is 5.97. The van der Waals surface area contributed by atoms with Crippen LogP contribution in [0.3, 0.4) is 0 Å². The highest BCUT2D eigenvalue weighted by atomic mass is 19.1. The van der Waals surface area contributed by atoms with Crippen LogP contribution in [0.5, 0.6) is 0 Å². The Kier molecular flexibility index (Phi) is 4.17. The minimum absolute atomic E-state index is 0.126. The Morgan fingerprint density at radius 1 is 1.00 bits per heavy atom. The lowest BCUT2D eigenvalue weighted by molar-refractivity contribution is 0.174. The van der Waals surface area contributed by atoms with E-state index in [1.165, 1.54) is 48.9 Å². The number of benzene rings is 2. The van der Waals surface area contributed by atoms with Gasteiger partial charge in [-0.05, 0) is 92.4 Å². The lowest BCUT2D eigenvalue weighted by Gasteiger charge is -2.35. The Morgan fingerprint density at radius 2 is 1.79 bits per heavy atom. The van der Waals surface area contributed by atoms with Crippen molar-refractivity contribution in [2.75, 3.05) is 6.54 Å². The molecule has 2 aromatic rings. The van der Waals surface area contributed by atoms with Gasteiger partial charge in [0.15, 0.2) is 0 Å². The van der Waals surface area contributed by atoms with E-state index in [4.69, 9.17) is 0 Å². The molecule has 4 rings (SSSR count). The van der Waals surface area contributed by atoms with Gasteiger partial charge in [0, 0.05) is 12.1 Å². The van der Waals surface area contributed by atoms with Gasteiger partial charge < -0.3 is 0 Å². The SMILES string of the molecule is Cc1cc(-c2ccc3c(c2)CCC(N2CCCC2C)C3)ccc1F. The van der Waals surface area contributed by atoms with Gasteiger partial charge in [-0.3, -0.25) is 4.90 Å². The van der Waals surface area contributed by atoms with Crippen molar-refractivity contribution in [1.29, 1.82) is 0 Å². The van der Waals surface area contributed by atoms with E-state index in [0.717, 1.165) is 18.0 Å². The van der Waals surface area contributed by atoms with Crippen LogP contribution in [-0.2, 0) is 12.8 Å². The van der Waals surface area contributed by atoms with Gasteiger partial charge in [-0.2, -0.15) is 0 Å². The van der Waals surface area contributed by atoms with Crippen LogP contribution < -0.4 is 0 Å². The zero-order chi connectivity index (χ0) is 16.7. The number of hydrogen-bond acceptors (Lipinski definition) is 1. The number of hydrogen-bond donors (Lipinski definition) is 0. The summed E-state index contributed by atoms with van der Waals surface area (Å²) in [6, 6.07) is 13.7. The molecule has 1 heterocycles. The van der Waals surface area contributed by atoms with Crippen molar-refractivity contribution in [3.8, 4) is 11.1 Å². The highest BCUT2D eigenvalue weighted by Crippen LogP contribution is 2.32. The molecule has 2 heteroatoms. The highest BCUT2D eigenvalue weighted by molar-refractivity contribution is 5.66. The molecule has 126 valence electrons. The molecule has 0 amide bonds. The summed E-state index contributed by atoms with van der Waals surface area (Å²) in [7, 11) is 0. The largest absolute Gasteiger partial charge is 0.297 e. The van der Waals surface area contributed by atoms with Crippen molar-refractivity contribution < 1.29 is 4.39 Å². The second kappa shape index (κ2) is 6.33. The fourth-order valence-corrected chi connectivity index (χ4v) is 4.52. The standard InChI is InChI=1S/C22H26FN/c1-15-12-17(8-10-22(15)23)18-5-6-20-14-21(9-7-19(20)13-18)24-11-3-4-16(24)2/h5-6,8,10,12-13,16,21H,3-4,7,9,11,14H2,1-2H3. The maximum absolute atomic E-state index is 13.5. The third kappa shape index (κ3) is 2.88. The first-order chi connectivity index (χ1) is 11.6. The molecule has 1 saturated heterocycles. The average molecular weight is 323 g/mol. The van der Waals surface area contributed by atoms with Gasteiger partial charge in [0.25, 0.3) is 0 Å². The van der Waals surface area contributed by atoms with Crippen molar-refractivity contribution >= 4 is 0 Å². The van der Waals surface area contributed by atoms with Crippen LogP contribution in [0.4, 0.5) is 4.39 Å². The van der Waals surface area contributed by atoms with Crippen LogP contribution in [0, 0.1) is 12.7 Å². The summed E-state index contributed by atoms with van der Waals surface area (Å²) < 4.78 is 13.5. The van der Waals surface area contributed by atoms with Gasteiger partial charge in [-0.15, -0.1) is 0 Å². The van der Waals surface area contributed by atoms with Gasteiger partial charge >= 0.3 is 0 Å². The Hall–Kier alpha value is -1.67. The van der Waals surface area contributed by atoms with Crippen LogP contribution in [0.15, 0.2) is 36.4 Å². The molecule has 1 aliphatic heterocycles. The van der Waals surface area contributed by atoms with Gasteiger partial charge in [0.1, 0.15) is 5.82 Å². The smallest absolute Gasteiger partial charge is 0.126 e. The predicted octanol–water partition coefficient (Wildman–Crippen LogP) is 5.14. The summed E-state index contributed by atoms with van der Waals surface area (Å²) in [6.07, 6.45) is 6.32. The van der Waals surface area contributed by atoms with Crippen LogP contribution in [0.25, 0.3) is 11.1 Å². The number of nitrogens with zero attached hydrogens (tertiary/aromatic N) is 1. The Morgan fingerprint density at radius 3 is 2.54 bits per heavy atom. The second-order valence-electron chi connectivity index (χ2n) is 7.57. The summed E-state index contributed by atoms with van der Waals surface area (Å²) in [6.45, 7) is 5.48. The van der Waals surface area contributed by atoms with Gasteiger partial charge in [-0.25, -0.2) is 4.39 Å². The fraction of sp³-hybridized carbons (Fsp3) is 0.455. The minimum Gasteiger partial charge on any atom is -0.297 e. The topological polar surface area (TPSA) is 3.24 Å². The molecule has 24 heavy (non-hydrogen) atoms. The van der Waals surface area contributed by atoms with E-state index >= 15 is 0 Å². The lowest BCUT2D eigenvalue weighted by Crippen LogP contribution is -2.41. The minimum atomic E-state index is -0.126. The first-order valence-electron chi connectivity index (χ1n) is 9.26. The van der Waals surface area contributed by atoms with E-state index < -0.39 is 0 Å². The normalized spacial score (nSPS) is 24.1. The average Bonchev–Trinajstić information content (AvgIpc) is 3.02. The number of aryl methyl sites for hydroxylation is 2. The first kappa shape index (κ1) is 15.8. The van der Waals surface area contributed by atoms with E-state index in [0.29, 0.717) is 11.6 Å². The van der Waals surface area contributed by atoms with Crippen LogP contribution >= 0.6 is 0 Å². The molecule has 2 aromatic carbocycles. The molecular weight excluding hydrogens is 297 g/mol. The van der Waals surface area contributed by atoms with Gasteiger partial charge in [0.05, 0.1) is 0 Å². The molecule has 0 bridgehead atoms. The molecule has 1 nitrogen and oxygen atoms in total. The Labute approximate surface area is 144 Å². The molecule has 0 saturated carbocycles. The molecule has 2 unspecified atom stereocenters. The predicted molar refractivity (Wildman–Crippen MR) is 97.8 cm³/mol. The Bertz CT molecular complexity index is 752. The molecule has 0 radical (unpaired) electrons. The third-order valence-electron chi connectivity index (χ3n) is 5.97. The van der Waals surface area contributed by atoms with E-state index in [2.05, 4.69) is 30.0 Å². The van der Waals surface area contributed by atoms with Crippen molar-refractivity contribution in [3.05, 3.63) is 58.9 Å². The van der Waals surface area contributed by atoms with E-state index in [1.54, 1.807) is 6.07 Å². The monoisotopic (exact) mass is 323 g/mol. The highest BCUT2D eigenvalue weighted by Gasteiger charge is 2.30. The zero-order valence-electron chi connectivity index (χ0n) is 14.7. The van der Waals surface area contributed by atoms with Crippen molar-refractivity contribution in [3.63, 3.8) is 0 Å². The van der Waals surface area contributed by atoms with Crippen molar-refractivity contribution in [2.45, 2.75) is 58.0 Å². The molecule has 1 aliphatic carbocycles. The van der Waals surface area contributed by atoms with Crippen molar-refractivity contribution in [1.82, 2.24) is 4.90 Å². The summed E-state index contributed by atoms with van der Waals surface area (Å²) >= 11 is 0. The van der Waals surface area contributed by atoms with Crippen LogP contribution in [0.2, 0.25) is 0 Å². The number of halogens is 1. The lowest BCUT2D eigenvalue weighted by atomic mass is 9.85.